The van der Waals surface area contributed by atoms with Crippen LogP contribution in [-0.4, -0.2) is 8.42 Å². The summed E-state index contributed by atoms with van der Waals surface area (Å²) in [5.74, 6) is 0. The van der Waals surface area contributed by atoms with E-state index in [0.717, 1.165) is 5.56 Å². The number of hydrogen-bond acceptors (Lipinski definition) is 2. The summed E-state index contributed by atoms with van der Waals surface area (Å²) in [6.45, 7) is 1.75. The Morgan fingerprint density at radius 3 is 2.60 bits per heavy atom. The first kappa shape index (κ1) is 7.28. The van der Waals surface area contributed by atoms with E-state index in [9.17, 15) is 8.42 Å². The van der Waals surface area contributed by atoms with Crippen LogP contribution in [0.4, 0.5) is 0 Å². The molecular formula is C7H7O2S. The van der Waals surface area contributed by atoms with Crippen LogP contribution in [0.25, 0.3) is 0 Å². The quantitative estimate of drug-likeness (QED) is 0.608. The molecule has 0 saturated heterocycles. The molecule has 0 atom stereocenters. The zero-order valence-corrected chi connectivity index (χ0v) is 6.39. The first-order valence-electron chi connectivity index (χ1n) is 2.83. The van der Waals surface area contributed by atoms with E-state index in [1.165, 1.54) is 0 Å². The van der Waals surface area contributed by atoms with Gasteiger partial charge < -0.3 is 0 Å². The summed E-state index contributed by atoms with van der Waals surface area (Å²) in [6, 6.07) is 7.58. The van der Waals surface area contributed by atoms with Gasteiger partial charge in [-0.1, -0.05) is 12.1 Å². The van der Waals surface area contributed by atoms with Crippen LogP contribution in [0.5, 0.6) is 0 Å². The second-order valence-corrected chi connectivity index (χ2v) is 2.97. The Morgan fingerprint density at radius 2 is 2.20 bits per heavy atom. The number of hydrogen-bond donors (Lipinski definition) is 1. The third-order valence-corrected chi connectivity index (χ3v) is 2.13. The molecule has 0 unspecified atom stereocenters. The molecule has 1 radical (unpaired) electrons. The Morgan fingerprint density at radius 1 is 1.50 bits per heavy atom. The predicted molar refractivity (Wildman–Crippen MR) is 38.6 cm³/mol. The highest BCUT2D eigenvalue weighted by atomic mass is 32.2. The van der Waals surface area contributed by atoms with Gasteiger partial charge in [0.15, 0.2) is 10.7 Å². The minimum Gasteiger partial charge on any atom is -0.227 e. The van der Waals surface area contributed by atoms with E-state index in [4.69, 9.17) is 0 Å². The molecule has 10 heavy (non-hydrogen) atoms. The number of thiol groups is 1. The lowest BCUT2D eigenvalue weighted by Gasteiger charge is -1.92. The van der Waals surface area contributed by atoms with Crippen LogP contribution in [0.1, 0.15) is 5.56 Å². The average Bonchev–Trinajstić information content (AvgIpc) is 1.88. The Labute approximate surface area is 61.5 Å². The van der Waals surface area contributed by atoms with Crippen LogP contribution in [0.15, 0.2) is 23.1 Å². The van der Waals surface area contributed by atoms with Crippen LogP contribution >= 0.6 is 0 Å². The normalized spacial score (nSPS) is 10.2. The summed E-state index contributed by atoms with van der Waals surface area (Å²) >= 11 is 0. The fourth-order valence-corrected chi connectivity index (χ4v) is 1.26. The van der Waals surface area contributed by atoms with Crippen molar-refractivity contribution < 1.29 is 8.42 Å². The van der Waals surface area contributed by atoms with Gasteiger partial charge in [0.25, 0.3) is 0 Å². The molecule has 0 fully saturated rings. The molecule has 1 rings (SSSR count). The number of aryl methyl sites for hydroxylation is 1. The third-order valence-electron chi connectivity index (χ3n) is 1.24. The van der Waals surface area contributed by atoms with Crippen molar-refractivity contribution in [2.45, 2.75) is 11.8 Å². The maximum atomic E-state index is 10.4. The van der Waals surface area contributed by atoms with Gasteiger partial charge in [0.2, 0.25) is 0 Å². The van der Waals surface area contributed by atoms with Crippen molar-refractivity contribution in [3.8, 4) is 0 Å². The van der Waals surface area contributed by atoms with E-state index in [0.29, 0.717) is 4.90 Å². The van der Waals surface area contributed by atoms with E-state index in [1.807, 2.05) is 0 Å². The first-order chi connectivity index (χ1) is 4.72. The Balaban J connectivity index is 3.28. The molecule has 53 valence electrons. The molecule has 1 aromatic rings. The highest BCUT2D eigenvalue weighted by molar-refractivity contribution is 7.72. The number of benzene rings is 1. The lowest BCUT2D eigenvalue weighted by Crippen LogP contribution is -1.83. The fourth-order valence-electron chi connectivity index (χ4n) is 0.710. The molecule has 2 nitrogen and oxygen atoms in total. The molecule has 3 heteroatoms. The predicted octanol–water partition coefficient (Wildman–Crippen LogP) is 0.766. The molecule has 0 N–H and O–H groups in total. The van der Waals surface area contributed by atoms with Gasteiger partial charge in [0.1, 0.15) is 0 Å². The molecule has 0 spiro atoms. The molecule has 0 aliphatic rings. The smallest absolute Gasteiger partial charge is 0.168 e. The van der Waals surface area contributed by atoms with Gasteiger partial charge in [0.05, 0.1) is 4.90 Å². The molecule has 0 heterocycles. The maximum Gasteiger partial charge on any atom is 0.168 e. The Hall–Kier alpha value is -0.830. The lowest BCUT2D eigenvalue weighted by atomic mass is 10.2. The zero-order valence-electron chi connectivity index (χ0n) is 5.50. The minimum absolute atomic E-state index is 0.383. The minimum atomic E-state index is -2.44. The monoisotopic (exact) mass is 155 g/mol. The second-order valence-electron chi connectivity index (χ2n) is 1.97. The van der Waals surface area contributed by atoms with Crippen molar-refractivity contribution in [1.29, 1.82) is 0 Å². The third kappa shape index (κ3) is 1.36. The summed E-state index contributed by atoms with van der Waals surface area (Å²) < 4.78 is 20.9. The molecule has 0 aliphatic heterocycles. The largest absolute Gasteiger partial charge is 0.227 e. The van der Waals surface area contributed by atoms with Crippen molar-refractivity contribution >= 4 is 10.7 Å². The molecule has 0 amide bonds. The van der Waals surface area contributed by atoms with E-state index in [2.05, 4.69) is 6.07 Å². The van der Waals surface area contributed by atoms with E-state index < -0.39 is 10.7 Å². The van der Waals surface area contributed by atoms with Crippen LogP contribution in [0.3, 0.4) is 0 Å². The summed E-state index contributed by atoms with van der Waals surface area (Å²) in [5, 5.41) is 0. The van der Waals surface area contributed by atoms with Crippen LogP contribution < -0.4 is 0 Å². The van der Waals surface area contributed by atoms with E-state index in [1.54, 1.807) is 25.1 Å². The number of rotatable bonds is 1. The second kappa shape index (κ2) is 2.84. The summed E-state index contributed by atoms with van der Waals surface area (Å²) in [5.41, 5.74) is 0.749. The van der Waals surface area contributed by atoms with Gasteiger partial charge in [-0.15, -0.1) is 0 Å². The maximum absolute atomic E-state index is 10.4. The zero-order chi connectivity index (χ0) is 7.56. The van der Waals surface area contributed by atoms with Gasteiger partial charge in [-0.25, -0.2) is 8.42 Å². The van der Waals surface area contributed by atoms with Gasteiger partial charge in [-0.2, -0.15) is 0 Å². The standard InChI is InChI=1S/C7H7O2S/c1-6-4-2-3-5-7(6)10(8)9/h3-5,10H,1H3. The molecular weight excluding hydrogens is 148 g/mol. The highest BCUT2D eigenvalue weighted by Crippen LogP contribution is 2.06. The van der Waals surface area contributed by atoms with Crippen molar-refractivity contribution in [3.05, 3.63) is 29.8 Å². The summed E-state index contributed by atoms with van der Waals surface area (Å²) in [7, 11) is -2.44. The van der Waals surface area contributed by atoms with Crippen LogP contribution in [0.2, 0.25) is 0 Å². The van der Waals surface area contributed by atoms with Gasteiger partial charge >= 0.3 is 0 Å². The average molecular weight is 155 g/mol. The Kier molecular flexibility index (Phi) is 2.06. The highest BCUT2D eigenvalue weighted by Gasteiger charge is 1.95. The van der Waals surface area contributed by atoms with Crippen molar-refractivity contribution in [3.63, 3.8) is 0 Å². The first-order valence-corrected chi connectivity index (χ1v) is 4.00. The molecule has 0 aliphatic carbocycles. The van der Waals surface area contributed by atoms with Crippen LogP contribution in [-0.2, 0) is 10.7 Å². The van der Waals surface area contributed by atoms with E-state index >= 15 is 0 Å². The fraction of sp³-hybridized carbons (Fsp3) is 0.143. The van der Waals surface area contributed by atoms with Crippen molar-refractivity contribution in [2.24, 2.45) is 0 Å². The van der Waals surface area contributed by atoms with Crippen molar-refractivity contribution in [1.82, 2.24) is 0 Å². The van der Waals surface area contributed by atoms with Crippen molar-refractivity contribution in [2.75, 3.05) is 0 Å². The Bertz CT molecular complexity index is 294. The van der Waals surface area contributed by atoms with Gasteiger partial charge in [-0.05, 0) is 24.6 Å². The van der Waals surface area contributed by atoms with E-state index in [-0.39, 0.29) is 0 Å². The van der Waals surface area contributed by atoms with Crippen LogP contribution in [0, 0.1) is 13.0 Å². The summed E-state index contributed by atoms with van der Waals surface area (Å²) in [6.07, 6.45) is 0. The molecule has 0 aromatic heterocycles. The molecule has 0 saturated carbocycles. The molecule has 1 aromatic carbocycles. The SMILES string of the molecule is Cc1c[c]ccc1[SH](=O)=O. The molecule has 0 bridgehead atoms. The van der Waals surface area contributed by atoms with Gasteiger partial charge in [0, 0.05) is 0 Å². The lowest BCUT2D eigenvalue weighted by molar-refractivity contribution is 0.614. The summed E-state index contributed by atoms with van der Waals surface area (Å²) in [4.78, 5) is 0.383. The van der Waals surface area contributed by atoms with Gasteiger partial charge in [-0.3, -0.25) is 0 Å². The topological polar surface area (TPSA) is 34.1 Å².